The number of benzene rings is 2. The Kier molecular flexibility index (Phi) is 2.49. The normalized spacial score (nSPS) is 10.7. The molecule has 94 valence electrons. The molecule has 0 fully saturated rings. The number of hydrogen-bond acceptors (Lipinski definition) is 4. The Bertz CT molecular complexity index is 804. The Hall–Kier alpha value is -2.75. The van der Waals surface area contributed by atoms with E-state index < -0.39 is 0 Å². The van der Waals surface area contributed by atoms with Gasteiger partial charge >= 0.3 is 5.63 Å². The molecule has 0 radical (unpaired) electrons. The van der Waals surface area contributed by atoms with Crippen molar-refractivity contribution in [2.45, 2.75) is 0 Å². The molecule has 1 aromatic heterocycles. The predicted molar refractivity (Wildman–Crippen MR) is 76.7 cm³/mol. The lowest BCUT2D eigenvalue weighted by Gasteiger charge is -2.03. The summed E-state index contributed by atoms with van der Waals surface area (Å²) in [7, 11) is 0. The van der Waals surface area contributed by atoms with Gasteiger partial charge in [-0.15, -0.1) is 0 Å². The lowest BCUT2D eigenvalue weighted by atomic mass is 10.1. The minimum absolute atomic E-state index is 0.373. The summed E-state index contributed by atoms with van der Waals surface area (Å²) in [6.45, 7) is 0. The summed E-state index contributed by atoms with van der Waals surface area (Å²) in [6.07, 6.45) is 0. The molecule has 1 heterocycles. The van der Waals surface area contributed by atoms with Gasteiger partial charge in [0.2, 0.25) is 0 Å². The van der Waals surface area contributed by atoms with Crippen molar-refractivity contribution in [3.8, 4) is 11.1 Å². The van der Waals surface area contributed by atoms with Crippen LogP contribution in [0.15, 0.2) is 57.7 Å². The molecule has 0 atom stereocenters. The van der Waals surface area contributed by atoms with Gasteiger partial charge < -0.3 is 15.9 Å². The van der Waals surface area contributed by atoms with Crippen molar-refractivity contribution in [3.63, 3.8) is 0 Å². The number of rotatable bonds is 1. The van der Waals surface area contributed by atoms with Crippen molar-refractivity contribution in [1.82, 2.24) is 0 Å². The molecule has 0 aliphatic carbocycles. The standard InChI is InChI=1S/C15H12N2O2/c16-11-3-1-9(2-4-11)13-8-10-7-12(17)5-6-14(10)19-15(13)18/h1-8H,16-17H2. The van der Waals surface area contributed by atoms with E-state index in [-0.39, 0.29) is 5.63 Å². The molecule has 0 aliphatic rings. The molecular weight excluding hydrogens is 240 g/mol. The van der Waals surface area contributed by atoms with Crippen molar-refractivity contribution in [2.24, 2.45) is 0 Å². The molecule has 0 amide bonds. The summed E-state index contributed by atoms with van der Waals surface area (Å²) in [5, 5.41) is 0.798. The van der Waals surface area contributed by atoms with Crippen molar-refractivity contribution in [2.75, 3.05) is 11.5 Å². The van der Waals surface area contributed by atoms with Gasteiger partial charge in [-0.05, 0) is 42.0 Å². The molecular formula is C15H12N2O2. The summed E-state index contributed by atoms with van der Waals surface area (Å²) in [6, 6.07) is 14.0. The minimum atomic E-state index is -0.373. The Balaban J connectivity index is 2.26. The summed E-state index contributed by atoms with van der Waals surface area (Å²) in [5.74, 6) is 0. The molecule has 4 heteroatoms. The average molecular weight is 252 g/mol. The van der Waals surface area contributed by atoms with Crippen LogP contribution in [-0.4, -0.2) is 0 Å². The zero-order valence-corrected chi connectivity index (χ0v) is 10.1. The number of nitrogen functional groups attached to an aromatic ring is 2. The van der Waals surface area contributed by atoms with Crippen LogP contribution >= 0.6 is 0 Å². The Morgan fingerprint density at radius 3 is 2.26 bits per heavy atom. The molecule has 4 nitrogen and oxygen atoms in total. The molecule has 2 aromatic carbocycles. The van der Waals surface area contributed by atoms with E-state index in [1.165, 1.54) is 0 Å². The first-order valence-corrected chi connectivity index (χ1v) is 5.83. The molecule has 0 saturated carbocycles. The highest BCUT2D eigenvalue weighted by atomic mass is 16.4. The molecule has 0 spiro atoms. The third-order valence-electron chi connectivity index (χ3n) is 2.98. The van der Waals surface area contributed by atoms with E-state index in [1.54, 1.807) is 48.5 Å². The van der Waals surface area contributed by atoms with E-state index in [4.69, 9.17) is 15.9 Å². The van der Waals surface area contributed by atoms with Gasteiger partial charge in [-0.2, -0.15) is 0 Å². The molecule has 3 aromatic rings. The highest BCUT2D eigenvalue weighted by Crippen LogP contribution is 2.23. The van der Waals surface area contributed by atoms with Crippen molar-refractivity contribution < 1.29 is 4.42 Å². The van der Waals surface area contributed by atoms with Crippen LogP contribution in [0.5, 0.6) is 0 Å². The van der Waals surface area contributed by atoms with E-state index in [9.17, 15) is 4.79 Å². The first-order chi connectivity index (χ1) is 9.13. The summed E-state index contributed by atoms with van der Waals surface area (Å²) in [4.78, 5) is 12.0. The zero-order valence-electron chi connectivity index (χ0n) is 10.1. The van der Waals surface area contributed by atoms with Crippen LogP contribution in [-0.2, 0) is 0 Å². The van der Waals surface area contributed by atoms with Gasteiger partial charge in [0.25, 0.3) is 0 Å². The van der Waals surface area contributed by atoms with Gasteiger partial charge in [0.1, 0.15) is 5.58 Å². The minimum Gasteiger partial charge on any atom is -0.422 e. The lowest BCUT2D eigenvalue weighted by Crippen LogP contribution is -2.02. The maximum atomic E-state index is 12.0. The third kappa shape index (κ3) is 2.04. The van der Waals surface area contributed by atoms with E-state index in [1.807, 2.05) is 0 Å². The van der Waals surface area contributed by atoms with Gasteiger partial charge in [0.05, 0.1) is 5.56 Å². The van der Waals surface area contributed by atoms with Crippen LogP contribution in [0.3, 0.4) is 0 Å². The summed E-state index contributed by atoms with van der Waals surface area (Å²) >= 11 is 0. The van der Waals surface area contributed by atoms with Crippen LogP contribution in [0.1, 0.15) is 0 Å². The maximum Gasteiger partial charge on any atom is 0.344 e. The fourth-order valence-corrected chi connectivity index (χ4v) is 2.01. The van der Waals surface area contributed by atoms with Gasteiger partial charge in [0.15, 0.2) is 0 Å². The number of hydrogen-bond donors (Lipinski definition) is 2. The van der Waals surface area contributed by atoms with Gasteiger partial charge in [-0.25, -0.2) is 4.79 Å². The number of fused-ring (bicyclic) bond motifs is 1. The molecule has 3 rings (SSSR count). The lowest BCUT2D eigenvalue weighted by molar-refractivity contribution is 0.563. The second-order valence-corrected chi connectivity index (χ2v) is 4.37. The Morgan fingerprint density at radius 1 is 0.842 bits per heavy atom. The van der Waals surface area contributed by atoms with Crippen LogP contribution in [0.2, 0.25) is 0 Å². The first-order valence-electron chi connectivity index (χ1n) is 5.83. The predicted octanol–water partition coefficient (Wildman–Crippen LogP) is 2.62. The molecule has 0 bridgehead atoms. The molecule has 0 aliphatic heterocycles. The van der Waals surface area contributed by atoms with Crippen LogP contribution < -0.4 is 17.1 Å². The second kappa shape index (κ2) is 4.17. The van der Waals surface area contributed by atoms with Crippen LogP contribution in [0.25, 0.3) is 22.1 Å². The maximum absolute atomic E-state index is 12.0. The first kappa shape index (κ1) is 11.3. The van der Waals surface area contributed by atoms with E-state index in [0.29, 0.717) is 22.5 Å². The topological polar surface area (TPSA) is 82.2 Å². The SMILES string of the molecule is Nc1ccc(-c2cc3cc(N)ccc3oc2=O)cc1. The van der Waals surface area contributed by atoms with Crippen molar-refractivity contribution in [3.05, 3.63) is 59.0 Å². The molecule has 0 unspecified atom stereocenters. The van der Waals surface area contributed by atoms with Gasteiger partial charge in [-0.1, -0.05) is 12.1 Å². The van der Waals surface area contributed by atoms with E-state index >= 15 is 0 Å². The highest BCUT2D eigenvalue weighted by Gasteiger charge is 2.07. The van der Waals surface area contributed by atoms with Gasteiger partial charge in [-0.3, -0.25) is 0 Å². The zero-order chi connectivity index (χ0) is 13.4. The fourth-order valence-electron chi connectivity index (χ4n) is 2.01. The Labute approximate surface area is 109 Å². The highest BCUT2D eigenvalue weighted by molar-refractivity contribution is 5.84. The molecule has 0 saturated heterocycles. The van der Waals surface area contributed by atoms with Crippen LogP contribution in [0.4, 0.5) is 11.4 Å². The third-order valence-corrected chi connectivity index (χ3v) is 2.98. The smallest absolute Gasteiger partial charge is 0.344 e. The summed E-state index contributed by atoms with van der Waals surface area (Å²) < 4.78 is 5.29. The number of anilines is 2. The van der Waals surface area contributed by atoms with Crippen molar-refractivity contribution in [1.29, 1.82) is 0 Å². The monoisotopic (exact) mass is 252 g/mol. The summed E-state index contributed by atoms with van der Waals surface area (Å²) in [5.41, 5.74) is 14.1. The van der Waals surface area contributed by atoms with Crippen molar-refractivity contribution >= 4 is 22.3 Å². The molecule has 4 N–H and O–H groups in total. The largest absolute Gasteiger partial charge is 0.422 e. The quantitative estimate of drug-likeness (QED) is 0.515. The van der Waals surface area contributed by atoms with E-state index in [2.05, 4.69) is 0 Å². The van der Waals surface area contributed by atoms with E-state index in [0.717, 1.165) is 10.9 Å². The number of nitrogens with two attached hydrogens (primary N) is 2. The average Bonchev–Trinajstić information content (AvgIpc) is 2.40. The molecule has 19 heavy (non-hydrogen) atoms. The van der Waals surface area contributed by atoms with Crippen LogP contribution in [0, 0.1) is 0 Å². The van der Waals surface area contributed by atoms with Gasteiger partial charge in [0, 0.05) is 16.8 Å². The Morgan fingerprint density at radius 2 is 1.53 bits per heavy atom. The second-order valence-electron chi connectivity index (χ2n) is 4.37. The fraction of sp³-hybridized carbons (Fsp3) is 0.